The second-order valence-electron chi connectivity index (χ2n) is 14.0. The number of primary amides is 1. The molecule has 5 N–H and O–H groups in total. The van der Waals surface area contributed by atoms with E-state index in [1.54, 1.807) is 24.1 Å². The van der Waals surface area contributed by atoms with Crippen LogP contribution in [-0.2, 0) is 9.59 Å². The van der Waals surface area contributed by atoms with Gasteiger partial charge in [-0.3, -0.25) is 24.5 Å². The van der Waals surface area contributed by atoms with Crippen molar-refractivity contribution in [3.63, 3.8) is 0 Å². The minimum atomic E-state index is -0.926. The molecule has 2 aromatic carbocycles. The maximum absolute atomic E-state index is 15.6. The number of hydrogen-bond donors (Lipinski definition) is 4. The van der Waals surface area contributed by atoms with E-state index in [0.29, 0.717) is 69.3 Å². The number of piperidine rings is 2. The molecule has 0 radical (unpaired) electrons. The fourth-order valence-electron chi connectivity index (χ4n) is 7.13. The zero-order valence-electron chi connectivity index (χ0n) is 30.6. The summed E-state index contributed by atoms with van der Waals surface area (Å²) >= 11 is 0. The molecule has 17 nitrogen and oxygen atoms in total. The third-order valence-electron chi connectivity index (χ3n) is 10.2. The molecule has 3 aromatic rings. The van der Waals surface area contributed by atoms with Crippen molar-refractivity contribution in [1.29, 1.82) is 0 Å². The van der Waals surface area contributed by atoms with E-state index in [2.05, 4.69) is 43.1 Å². The molecule has 2 atom stereocenters. The molecule has 19 heteroatoms. The van der Waals surface area contributed by atoms with Crippen LogP contribution >= 0.6 is 0 Å². The van der Waals surface area contributed by atoms with Crippen LogP contribution in [0.25, 0.3) is 0 Å². The van der Waals surface area contributed by atoms with Crippen LogP contribution in [0.4, 0.5) is 36.7 Å². The highest BCUT2D eigenvalue weighted by molar-refractivity contribution is 6.04. The Hall–Kier alpha value is -6.58. The monoisotopic (exact) mass is 770 g/mol. The Morgan fingerprint density at radius 3 is 2.43 bits per heavy atom. The van der Waals surface area contributed by atoms with Gasteiger partial charge in [0.1, 0.15) is 17.7 Å². The van der Waals surface area contributed by atoms with E-state index >= 15 is 4.39 Å². The number of rotatable bonds is 8. The van der Waals surface area contributed by atoms with Crippen LogP contribution in [0.3, 0.4) is 0 Å². The van der Waals surface area contributed by atoms with Crippen LogP contribution in [0, 0.1) is 23.6 Å². The van der Waals surface area contributed by atoms with Crippen molar-refractivity contribution in [3.8, 4) is 12.0 Å². The summed E-state index contributed by atoms with van der Waals surface area (Å²) in [5.74, 6) is -0.789. The van der Waals surface area contributed by atoms with Crippen LogP contribution in [-0.4, -0.2) is 131 Å². The first-order valence-corrected chi connectivity index (χ1v) is 18.3. The molecular formula is C37H40F2N12O5. The summed E-state index contributed by atoms with van der Waals surface area (Å²) < 4.78 is 30.4. The van der Waals surface area contributed by atoms with Crippen molar-refractivity contribution in [1.82, 2.24) is 40.5 Å². The maximum Gasteiger partial charge on any atom is 0.320 e. The number of aromatic nitrogens is 3. The van der Waals surface area contributed by atoms with Gasteiger partial charge in [-0.2, -0.15) is 4.98 Å². The van der Waals surface area contributed by atoms with Gasteiger partial charge >= 0.3 is 6.03 Å². The summed E-state index contributed by atoms with van der Waals surface area (Å²) in [5.41, 5.74) is 6.16. The summed E-state index contributed by atoms with van der Waals surface area (Å²) in [5, 5.41) is 15.8. The fraction of sp³-hybridized carbons (Fsp3) is 0.405. The van der Waals surface area contributed by atoms with E-state index in [9.17, 15) is 28.4 Å². The highest BCUT2D eigenvalue weighted by atomic mass is 19.1. The van der Waals surface area contributed by atoms with Gasteiger partial charge in [0.25, 0.3) is 11.8 Å². The lowest BCUT2D eigenvalue weighted by Crippen LogP contribution is -2.52. The summed E-state index contributed by atoms with van der Waals surface area (Å²) in [6.45, 7) is 4.29. The van der Waals surface area contributed by atoms with Crippen molar-refractivity contribution in [3.05, 3.63) is 64.9 Å². The number of piperazine rings is 1. The number of halogens is 2. The Morgan fingerprint density at radius 1 is 0.929 bits per heavy atom. The van der Waals surface area contributed by atoms with Crippen molar-refractivity contribution in [2.24, 2.45) is 5.73 Å². The Bertz CT molecular complexity index is 2140. The van der Waals surface area contributed by atoms with Gasteiger partial charge in [-0.15, -0.1) is 10.2 Å². The van der Waals surface area contributed by atoms with Crippen LogP contribution in [0.2, 0.25) is 0 Å². The second-order valence-corrected chi connectivity index (χ2v) is 14.0. The van der Waals surface area contributed by atoms with Crippen LogP contribution in [0.5, 0.6) is 0 Å². The first-order chi connectivity index (χ1) is 26.9. The molecule has 4 aliphatic heterocycles. The molecule has 4 fully saturated rings. The van der Waals surface area contributed by atoms with E-state index < -0.39 is 41.3 Å². The molecule has 1 aromatic heterocycles. The molecule has 292 valence electrons. The van der Waals surface area contributed by atoms with Crippen molar-refractivity contribution >= 4 is 52.8 Å². The number of carbonyl (C=O) groups is 5. The van der Waals surface area contributed by atoms with Gasteiger partial charge in [-0.25, -0.2) is 13.6 Å². The molecule has 7 rings (SSSR count). The molecule has 0 spiro atoms. The Balaban J connectivity index is 0.952. The highest BCUT2D eigenvalue weighted by Gasteiger charge is 2.35. The predicted octanol–water partition coefficient (Wildman–Crippen LogP) is 0.995. The lowest BCUT2D eigenvalue weighted by Gasteiger charge is -2.37. The Kier molecular flexibility index (Phi) is 10.8. The van der Waals surface area contributed by atoms with Crippen molar-refractivity contribution in [2.45, 2.75) is 37.8 Å². The van der Waals surface area contributed by atoms with Crippen LogP contribution < -0.4 is 31.5 Å². The second kappa shape index (κ2) is 16.0. The number of anilines is 4. The summed E-state index contributed by atoms with van der Waals surface area (Å²) in [6.07, 6.45) is 1.87. The largest absolute Gasteiger partial charge is 0.366 e. The van der Waals surface area contributed by atoms with Gasteiger partial charge in [0, 0.05) is 83.1 Å². The van der Waals surface area contributed by atoms with Gasteiger partial charge in [0.2, 0.25) is 17.8 Å². The van der Waals surface area contributed by atoms with Crippen LogP contribution in [0.1, 0.15) is 52.1 Å². The lowest BCUT2D eigenvalue weighted by atomic mass is 10.0. The summed E-state index contributed by atoms with van der Waals surface area (Å²) in [6, 6.07) is 10.5. The minimum Gasteiger partial charge on any atom is -0.366 e. The quantitative estimate of drug-likeness (QED) is 0.187. The van der Waals surface area contributed by atoms with E-state index in [4.69, 9.17) is 5.73 Å². The van der Waals surface area contributed by atoms with Gasteiger partial charge in [0.05, 0.1) is 17.3 Å². The molecule has 1 unspecified atom stereocenters. The molecular weight excluding hydrogens is 730 g/mol. The third kappa shape index (κ3) is 8.23. The number of nitrogens with one attached hydrogen (secondary N) is 3. The first kappa shape index (κ1) is 37.7. The highest BCUT2D eigenvalue weighted by Crippen LogP contribution is 2.28. The molecule has 0 aliphatic carbocycles. The Labute approximate surface area is 320 Å². The normalized spacial score (nSPS) is 20.1. The number of urea groups is 1. The number of likely N-dealkylation sites (N-methyl/N-ethyl adjacent to an activating group) is 1. The van der Waals surface area contributed by atoms with Crippen molar-refractivity contribution in [2.75, 3.05) is 74.5 Å². The van der Waals surface area contributed by atoms with E-state index in [1.807, 2.05) is 19.6 Å². The zero-order chi connectivity index (χ0) is 39.5. The average Bonchev–Trinajstić information content (AvgIpc) is 3.52. The number of amides is 6. The van der Waals surface area contributed by atoms with Gasteiger partial charge in [-0.1, -0.05) is 0 Å². The van der Waals surface area contributed by atoms with E-state index in [-0.39, 0.29) is 47.9 Å². The number of benzene rings is 2. The smallest absolute Gasteiger partial charge is 0.320 e. The first-order valence-electron chi connectivity index (χ1n) is 18.3. The predicted molar refractivity (Wildman–Crippen MR) is 199 cm³/mol. The summed E-state index contributed by atoms with van der Waals surface area (Å²) in [7, 11) is 1.78. The van der Waals surface area contributed by atoms with E-state index in [0.717, 1.165) is 18.9 Å². The number of carbonyl (C=O) groups excluding carboxylic acids is 5. The van der Waals surface area contributed by atoms with Crippen LogP contribution in [0.15, 0.2) is 36.4 Å². The number of imide groups is 1. The molecule has 0 bridgehead atoms. The van der Waals surface area contributed by atoms with Crippen molar-refractivity contribution < 1.29 is 32.8 Å². The van der Waals surface area contributed by atoms with Gasteiger partial charge in [-0.05, 0) is 61.6 Å². The summed E-state index contributed by atoms with van der Waals surface area (Å²) in [4.78, 5) is 74.5. The van der Waals surface area contributed by atoms with Gasteiger partial charge < -0.3 is 40.9 Å². The molecule has 6 amide bonds. The SMILES string of the molecule is CN1CCN([C@@H]2CCCN(c3nnc(C(N)=O)c(Nc4ccc(N5CCN(C#Cc6ccc(C(=O)NC7CCC(=O)NC7=O)c(F)c6)CC5)c(F)c4)n3)C2)C1=O. The topological polar surface area (TPSA) is 202 Å². The third-order valence-corrected chi connectivity index (χ3v) is 10.2. The maximum atomic E-state index is 15.6. The standard InChI is InChI=1S/C37H40F2N12O5/c1-47-13-18-51(37(47)56)24-3-2-11-50(21-24)36-44-33(31(32(40)53)45-46-36)41-23-5-8-29(27(39)20-23)49-16-14-48(15-17-49)12-10-22-4-6-25(26(38)19-22)34(54)42-28-7-9-30(52)43-35(28)55/h4-6,8,19-20,24,28H,2-3,7,9,11,13-18,21H2,1H3,(H2,40,53)(H,42,54)(H,41,44,46)(H,43,52,55)/t24-,28?/m1/s1. The molecule has 4 saturated heterocycles. The molecule has 56 heavy (non-hydrogen) atoms. The molecule has 5 heterocycles. The minimum absolute atomic E-state index is 0.0136. The number of nitrogens with two attached hydrogens (primary N) is 1. The molecule has 0 saturated carbocycles. The number of nitrogens with zero attached hydrogens (tertiary/aromatic N) is 8. The Morgan fingerprint density at radius 2 is 1.73 bits per heavy atom. The zero-order valence-corrected chi connectivity index (χ0v) is 30.6. The fourth-order valence-corrected chi connectivity index (χ4v) is 7.13. The lowest BCUT2D eigenvalue weighted by molar-refractivity contribution is -0.134. The molecule has 4 aliphatic rings. The average molecular weight is 771 g/mol. The van der Waals surface area contributed by atoms with E-state index in [1.165, 1.54) is 18.2 Å². The van der Waals surface area contributed by atoms with Gasteiger partial charge in [0.15, 0.2) is 11.5 Å². The number of hydrogen-bond acceptors (Lipinski definition) is 12.